The Morgan fingerprint density at radius 3 is 2.90 bits per heavy atom. The molecule has 1 fully saturated rings. The Labute approximate surface area is 174 Å². The number of nitrogens with zero attached hydrogens (tertiary/aromatic N) is 4. The van der Waals surface area contributed by atoms with Gasteiger partial charge in [0.2, 0.25) is 5.95 Å². The van der Waals surface area contributed by atoms with Gasteiger partial charge in [0.15, 0.2) is 0 Å². The Hall–Kier alpha value is -2.84. The first kappa shape index (κ1) is 19.5. The maximum Gasteiger partial charge on any atom is 0.229 e. The van der Waals surface area contributed by atoms with Crippen LogP contribution in [-0.4, -0.2) is 40.5 Å². The zero-order chi connectivity index (χ0) is 20.4. The lowest BCUT2D eigenvalue weighted by Gasteiger charge is -2.15. The maximum absolute atomic E-state index is 6.77. The Kier molecular flexibility index (Phi) is 5.55. The van der Waals surface area contributed by atoms with Crippen molar-refractivity contribution in [1.29, 1.82) is 0 Å². The van der Waals surface area contributed by atoms with Gasteiger partial charge in [-0.05, 0) is 38.4 Å². The van der Waals surface area contributed by atoms with Crippen molar-refractivity contribution in [2.45, 2.75) is 25.8 Å². The van der Waals surface area contributed by atoms with E-state index in [2.05, 4.69) is 31.0 Å². The Morgan fingerprint density at radius 1 is 1.31 bits per heavy atom. The van der Waals surface area contributed by atoms with Crippen LogP contribution < -0.4 is 20.7 Å². The van der Waals surface area contributed by atoms with Crippen LogP contribution in [0.2, 0.25) is 5.02 Å². The lowest BCUT2D eigenvalue weighted by Crippen LogP contribution is -2.12. The molecule has 3 aromatic rings. The van der Waals surface area contributed by atoms with E-state index < -0.39 is 0 Å². The van der Waals surface area contributed by atoms with Gasteiger partial charge in [-0.1, -0.05) is 11.6 Å². The van der Waals surface area contributed by atoms with Crippen molar-refractivity contribution in [3.05, 3.63) is 46.9 Å². The second kappa shape index (κ2) is 8.26. The minimum absolute atomic E-state index is 0.329. The molecule has 1 unspecified atom stereocenters. The van der Waals surface area contributed by atoms with Crippen LogP contribution in [0.1, 0.15) is 30.1 Å². The Morgan fingerprint density at radius 2 is 2.17 bits per heavy atom. The zero-order valence-electron chi connectivity index (χ0n) is 16.7. The minimum Gasteiger partial charge on any atom is -0.494 e. The molecule has 1 saturated heterocycles. The number of hydrogen-bond donors (Lipinski definition) is 3. The molecule has 1 atom stereocenters. The molecule has 0 saturated carbocycles. The highest BCUT2D eigenvalue weighted by Crippen LogP contribution is 2.37. The fraction of sp³-hybridized carbons (Fsp3) is 0.350. The highest BCUT2D eigenvalue weighted by Gasteiger charge is 2.21. The van der Waals surface area contributed by atoms with E-state index in [1.807, 2.05) is 44.6 Å². The fourth-order valence-electron chi connectivity index (χ4n) is 3.50. The molecule has 4 rings (SSSR count). The average molecular weight is 414 g/mol. The van der Waals surface area contributed by atoms with Crippen molar-refractivity contribution in [2.24, 2.45) is 0 Å². The molecule has 1 aromatic carbocycles. The van der Waals surface area contributed by atoms with Gasteiger partial charge in [-0.15, -0.1) is 0 Å². The van der Waals surface area contributed by atoms with Gasteiger partial charge in [-0.2, -0.15) is 10.1 Å². The highest BCUT2D eigenvalue weighted by molar-refractivity contribution is 6.35. The monoisotopic (exact) mass is 413 g/mol. The van der Waals surface area contributed by atoms with E-state index in [1.165, 1.54) is 6.42 Å². The molecule has 2 aromatic heterocycles. The van der Waals surface area contributed by atoms with E-state index in [4.69, 9.17) is 16.3 Å². The first-order valence-corrected chi connectivity index (χ1v) is 9.92. The van der Waals surface area contributed by atoms with Gasteiger partial charge in [0.1, 0.15) is 17.3 Å². The molecule has 0 amide bonds. The van der Waals surface area contributed by atoms with Gasteiger partial charge in [0.25, 0.3) is 0 Å². The van der Waals surface area contributed by atoms with Crippen LogP contribution in [0.25, 0.3) is 5.69 Å². The topological polar surface area (TPSA) is 88.9 Å². The number of aryl methyl sites for hydroxylation is 1. The lowest BCUT2D eigenvalue weighted by molar-refractivity contribution is 0.412. The number of methoxy groups -OCH3 is 1. The largest absolute Gasteiger partial charge is 0.494 e. The van der Waals surface area contributed by atoms with Crippen LogP contribution >= 0.6 is 11.6 Å². The predicted molar refractivity (Wildman–Crippen MR) is 115 cm³/mol. The number of halogens is 1. The van der Waals surface area contributed by atoms with Crippen LogP contribution in [0, 0.1) is 6.92 Å². The second-order valence-corrected chi connectivity index (χ2v) is 7.32. The van der Waals surface area contributed by atoms with Crippen LogP contribution in [0.4, 0.5) is 17.5 Å². The van der Waals surface area contributed by atoms with E-state index in [0.29, 0.717) is 34.1 Å². The van der Waals surface area contributed by atoms with Crippen molar-refractivity contribution in [3.8, 4) is 11.4 Å². The summed E-state index contributed by atoms with van der Waals surface area (Å²) in [5.41, 5.74) is 3.33. The number of rotatable bonds is 6. The number of nitrogens with one attached hydrogen (secondary N) is 3. The third-order valence-corrected chi connectivity index (χ3v) is 5.33. The standard InChI is InChI=1S/C20H24ClN7O/c1-12-9-17(22-2)27-20(25-12)26-15-6-7-16(29-3)19(18(15)21)28-11-13(10-24-28)14-5-4-8-23-14/h6-7,9-11,14,23H,4-5,8H2,1-3H3,(H2,22,25,26,27). The number of aromatic nitrogens is 4. The molecule has 0 spiro atoms. The van der Waals surface area contributed by atoms with Gasteiger partial charge in [0, 0.05) is 36.6 Å². The van der Waals surface area contributed by atoms with Crippen molar-refractivity contribution in [1.82, 2.24) is 25.1 Å². The molecule has 29 heavy (non-hydrogen) atoms. The summed E-state index contributed by atoms with van der Waals surface area (Å²) in [5, 5.41) is 14.7. The molecule has 1 aliphatic rings. The van der Waals surface area contributed by atoms with E-state index in [0.717, 1.165) is 30.0 Å². The first-order chi connectivity index (χ1) is 14.1. The predicted octanol–water partition coefficient (Wildman–Crippen LogP) is 3.84. The van der Waals surface area contributed by atoms with Gasteiger partial charge >= 0.3 is 0 Å². The number of benzene rings is 1. The summed E-state index contributed by atoms with van der Waals surface area (Å²) in [7, 11) is 3.44. The quantitative estimate of drug-likeness (QED) is 0.565. The number of hydrogen-bond acceptors (Lipinski definition) is 7. The van der Waals surface area contributed by atoms with Crippen molar-refractivity contribution in [3.63, 3.8) is 0 Å². The molecular weight excluding hydrogens is 390 g/mol. The molecule has 9 heteroatoms. The highest BCUT2D eigenvalue weighted by atomic mass is 35.5. The minimum atomic E-state index is 0.329. The number of anilines is 3. The fourth-order valence-corrected chi connectivity index (χ4v) is 3.79. The molecule has 8 nitrogen and oxygen atoms in total. The molecule has 0 bridgehead atoms. The molecule has 0 aliphatic carbocycles. The van der Waals surface area contributed by atoms with Crippen molar-refractivity contribution >= 4 is 29.1 Å². The molecule has 3 N–H and O–H groups in total. The second-order valence-electron chi connectivity index (χ2n) is 6.94. The summed E-state index contributed by atoms with van der Waals surface area (Å²) in [6.45, 7) is 2.95. The van der Waals surface area contributed by atoms with Crippen molar-refractivity contribution < 1.29 is 4.74 Å². The van der Waals surface area contributed by atoms with Crippen LogP contribution in [-0.2, 0) is 0 Å². The van der Waals surface area contributed by atoms with Gasteiger partial charge in [-0.25, -0.2) is 9.67 Å². The van der Waals surface area contributed by atoms with Crippen LogP contribution in [0.5, 0.6) is 5.75 Å². The molecule has 0 radical (unpaired) electrons. The van der Waals surface area contributed by atoms with E-state index in [1.54, 1.807) is 11.8 Å². The third kappa shape index (κ3) is 3.99. The third-order valence-electron chi connectivity index (χ3n) is 4.95. The molecule has 152 valence electrons. The van der Waals surface area contributed by atoms with Crippen LogP contribution in [0.15, 0.2) is 30.6 Å². The summed E-state index contributed by atoms with van der Waals surface area (Å²) in [4.78, 5) is 8.87. The average Bonchev–Trinajstić information content (AvgIpc) is 3.40. The summed E-state index contributed by atoms with van der Waals surface area (Å²) in [5.74, 6) is 1.82. The summed E-state index contributed by atoms with van der Waals surface area (Å²) >= 11 is 6.77. The molecular formula is C20H24ClN7O. The summed E-state index contributed by atoms with van der Waals surface area (Å²) < 4.78 is 7.31. The normalized spacial score (nSPS) is 16.1. The zero-order valence-corrected chi connectivity index (χ0v) is 17.4. The Balaban J connectivity index is 1.70. The lowest BCUT2D eigenvalue weighted by atomic mass is 10.1. The van der Waals surface area contributed by atoms with Gasteiger partial charge in [0.05, 0.1) is 24.0 Å². The van der Waals surface area contributed by atoms with E-state index >= 15 is 0 Å². The molecule has 3 heterocycles. The first-order valence-electron chi connectivity index (χ1n) is 9.54. The summed E-state index contributed by atoms with van der Waals surface area (Å²) in [6.07, 6.45) is 6.15. The number of ether oxygens (including phenoxy) is 1. The van der Waals surface area contributed by atoms with Gasteiger partial charge in [-0.3, -0.25) is 0 Å². The SMILES string of the molecule is CNc1cc(C)nc(Nc2ccc(OC)c(-n3cc(C4CCCN4)cn3)c2Cl)n1. The Bertz CT molecular complexity index is 1010. The maximum atomic E-state index is 6.77. The molecule has 1 aliphatic heterocycles. The van der Waals surface area contributed by atoms with E-state index in [-0.39, 0.29) is 0 Å². The van der Waals surface area contributed by atoms with E-state index in [9.17, 15) is 0 Å². The summed E-state index contributed by atoms with van der Waals surface area (Å²) in [6, 6.07) is 5.90. The van der Waals surface area contributed by atoms with Crippen LogP contribution in [0.3, 0.4) is 0 Å². The smallest absolute Gasteiger partial charge is 0.229 e. The van der Waals surface area contributed by atoms with Gasteiger partial charge < -0.3 is 20.7 Å². The van der Waals surface area contributed by atoms with Crippen molar-refractivity contribution in [2.75, 3.05) is 31.3 Å².